The molecule has 4 rings (SSSR count). The molecule has 5 heteroatoms. The quantitative estimate of drug-likeness (QED) is 0.169. The monoisotopic (exact) mass is 424 g/mol. The fourth-order valence-electron chi connectivity index (χ4n) is 3.60. The number of hydrogen-bond acceptors (Lipinski definition) is 5. The summed E-state index contributed by atoms with van der Waals surface area (Å²) in [7, 11) is 0. The lowest BCUT2D eigenvalue weighted by molar-refractivity contribution is 0.306. The lowest BCUT2D eigenvalue weighted by Gasteiger charge is -2.11. The summed E-state index contributed by atoms with van der Waals surface area (Å²) >= 11 is 0. The Kier molecular flexibility index (Phi) is 7.08. The Morgan fingerprint density at radius 2 is 1.69 bits per heavy atom. The molecule has 0 fully saturated rings. The number of benzene rings is 3. The minimum atomic E-state index is 0.626. The predicted octanol–water partition coefficient (Wildman–Crippen LogP) is 7.86. The van der Waals surface area contributed by atoms with Gasteiger partial charge in [0.15, 0.2) is 0 Å². The van der Waals surface area contributed by atoms with Crippen LogP contribution in [0.4, 0.5) is 17.1 Å². The molecule has 162 valence electrons. The van der Waals surface area contributed by atoms with E-state index in [0.29, 0.717) is 17.1 Å². The van der Waals surface area contributed by atoms with Crippen molar-refractivity contribution in [3.05, 3.63) is 79.0 Å². The number of nitrogen functional groups attached to an aromatic ring is 1. The van der Waals surface area contributed by atoms with Gasteiger partial charge in [0.05, 0.1) is 24.2 Å². The van der Waals surface area contributed by atoms with E-state index in [9.17, 15) is 0 Å². The van der Waals surface area contributed by atoms with Gasteiger partial charge in [0, 0.05) is 10.9 Å². The summed E-state index contributed by atoms with van der Waals surface area (Å²) in [5, 5.41) is 10.7. The fourth-order valence-corrected chi connectivity index (χ4v) is 3.60. The summed E-state index contributed by atoms with van der Waals surface area (Å²) in [6.45, 7) is 2.93. The molecule has 0 amide bonds. The first-order chi connectivity index (χ1) is 15.8. The second-order valence-corrected chi connectivity index (χ2v) is 7.73. The van der Waals surface area contributed by atoms with Crippen LogP contribution in [0.2, 0.25) is 0 Å². The van der Waals surface area contributed by atoms with Gasteiger partial charge in [-0.15, -0.1) is 10.2 Å². The molecule has 4 aromatic rings. The minimum absolute atomic E-state index is 0.626. The number of rotatable bonds is 9. The molecule has 0 bridgehead atoms. The van der Waals surface area contributed by atoms with Crippen LogP contribution >= 0.6 is 0 Å². The second-order valence-electron chi connectivity index (χ2n) is 7.73. The maximum atomic E-state index is 6.28. The summed E-state index contributed by atoms with van der Waals surface area (Å²) in [6.07, 6.45) is 6.43. The van der Waals surface area contributed by atoms with E-state index in [-0.39, 0.29) is 0 Å². The van der Waals surface area contributed by atoms with E-state index < -0.39 is 0 Å². The first-order valence-electron chi connectivity index (χ1n) is 11.1. The Morgan fingerprint density at radius 3 is 2.53 bits per heavy atom. The second kappa shape index (κ2) is 10.5. The van der Waals surface area contributed by atoms with Crippen molar-refractivity contribution in [2.75, 3.05) is 12.3 Å². The van der Waals surface area contributed by atoms with Crippen LogP contribution in [0, 0.1) is 0 Å². The van der Waals surface area contributed by atoms with E-state index in [0.717, 1.165) is 40.8 Å². The number of pyridine rings is 1. The molecule has 5 nitrogen and oxygen atoms in total. The van der Waals surface area contributed by atoms with Crippen LogP contribution in [-0.2, 0) is 0 Å². The number of anilines is 1. The Balaban J connectivity index is 1.48. The zero-order valence-electron chi connectivity index (χ0n) is 18.4. The average molecular weight is 425 g/mol. The molecule has 0 aliphatic heterocycles. The highest BCUT2D eigenvalue weighted by Gasteiger charge is 2.08. The van der Waals surface area contributed by atoms with Gasteiger partial charge in [-0.2, -0.15) is 0 Å². The number of unbranched alkanes of at least 4 members (excludes halogenated alkanes) is 3. The van der Waals surface area contributed by atoms with Gasteiger partial charge >= 0.3 is 0 Å². The first-order valence-corrected chi connectivity index (χ1v) is 11.1. The molecule has 2 N–H and O–H groups in total. The summed E-state index contributed by atoms with van der Waals surface area (Å²) < 4.78 is 6.03. The van der Waals surface area contributed by atoms with Crippen molar-refractivity contribution in [3.8, 4) is 17.0 Å². The van der Waals surface area contributed by atoms with Gasteiger partial charge in [-0.05, 0) is 42.1 Å². The number of aromatic nitrogens is 1. The highest BCUT2D eigenvalue weighted by molar-refractivity contribution is 5.98. The molecule has 0 aliphatic carbocycles. The van der Waals surface area contributed by atoms with Gasteiger partial charge in [0.25, 0.3) is 0 Å². The van der Waals surface area contributed by atoms with Gasteiger partial charge in [-0.3, -0.25) is 4.98 Å². The standard InChI is InChI=1S/C27H28N4O/c1-2-3-4-9-18-32-26-13-8-7-12-23(26)24-17-15-21(19-29-24)30-31-25-16-14-20-10-5-6-11-22(20)27(25)28/h5-8,10-17,19H,2-4,9,18,28H2,1H3. The molecule has 32 heavy (non-hydrogen) atoms. The lowest BCUT2D eigenvalue weighted by atomic mass is 10.1. The van der Waals surface area contributed by atoms with Crippen molar-refractivity contribution in [2.45, 2.75) is 32.6 Å². The number of ether oxygens (including phenoxy) is 1. The van der Waals surface area contributed by atoms with Crippen molar-refractivity contribution in [2.24, 2.45) is 10.2 Å². The summed E-state index contributed by atoms with van der Waals surface area (Å²) in [6, 6.07) is 23.7. The van der Waals surface area contributed by atoms with Gasteiger partial charge < -0.3 is 10.5 Å². The molecule has 0 radical (unpaired) electrons. The number of nitrogens with zero attached hydrogens (tertiary/aromatic N) is 3. The minimum Gasteiger partial charge on any atom is -0.493 e. The molecule has 0 saturated heterocycles. The van der Waals surface area contributed by atoms with E-state index in [1.54, 1.807) is 6.20 Å². The Bertz CT molecular complexity index is 1200. The molecule has 0 atom stereocenters. The highest BCUT2D eigenvalue weighted by Crippen LogP contribution is 2.33. The van der Waals surface area contributed by atoms with Gasteiger partial charge in [0.1, 0.15) is 17.1 Å². The lowest BCUT2D eigenvalue weighted by Crippen LogP contribution is -1.99. The van der Waals surface area contributed by atoms with Gasteiger partial charge in [0.2, 0.25) is 0 Å². The predicted molar refractivity (Wildman–Crippen MR) is 132 cm³/mol. The van der Waals surface area contributed by atoms with Crippen LogP contribution < -0.4 is 10.5 Å². The van der Waals surface area contributed by atoms with E-state index in [2.05, 4.69) is 22.1 Å². The first kappa shape index (κ1) is 21.5. The summed E-state index contributed by atoms with van der Waals surface area (Å²) in [5.74, 6) is 0.856. The van der Waals surface area contributed by atoms with Gasteiger partial charge in [-0.25, -0.2) is 0 Å². The molecule has 0 aliphatic rings. The zero-order valence-corrected chi connectivity index (χ0v) is 18.4. The number of fused-ring (bicyclic) bond motifs is 1. The number of hydrogen-bond donors (Lipinski definition) is 1. The van der Waals surface area contributed by atoms with Crippen molar-refractivity contribution in [1.29, 1.82) is 0 Å². The summed E-state index contributed by atoms with van der Waals surface area (Å²) in [4.78, 5) is 4.59. The fraction of sp³-hybridized carbons (Fsp3) is 0.222. The average Bonchev–Trinajstić information content (AvgIpc) is 2.84. The molecule has 1 heterocycles. The van der Waals surface area contributed by atoms with E-state index >= 15 is 0 Å². The SMILES string of the molecule is CCCCCCOc1ccccc1-c1ccc(N=Nc2ccc3ccccc3c2N)cn1. The van der Waals surface area contributed by atoms with Crippen LogP contribution in [0.15, 0.2) is 89.2 Å². The maximum absolute atomic E-state index is 6.28. The third kappa shape index (κ3) is 5.11. The van der Waals surface area contributed by atoms with Crippen molar-refractivity contribution in [1.82, 2.24) is 4.98 Å². The van der Waals surface area contributed by atoms with E-state index in [1.165, 1.54) is 19.3 Å². The van der Waals surface area contributed by atoms with Crippen LogP contribution in [0.3, 0.4) is 0 Å². The maximum Gasteiger partial charge on any atom is 0.128 e. The van der Waals surface area contributed by atoms with Crippen molar-refractivity contribution in [3.63, 3.8) is 0 Å². The molecular formula is C27H28N4O. The Morgan fingerprint density at radius 1 is 0.844 bits per heavy atom. The van der Waals surface area contributed by atoms with Crippen molar-refractivity contribution >= 4 is 27.8 Å². The van der Waals surface area contributed by atoms with Crippen LogP contribution in [0.25, 0.3) is 22.0 Å². The van der Waals surface area contributed by atoms with Crippen LogP contribution in [0.1, 0.15) is 32.6 Å². The Hall–Kier alpha value is -3.73. The molecule has 3 aromatic carbocycles. The summed E-state index contributed by atoms with van der Waals surface area (Å²) in [5.41, 5.74) is 10.0. The third-order valence-electron chi connectivity index (χ3n) is 5.39. The molecular weight excluding hydrogens is 396 g/mol. The van der Waals surface area contributed by atoms with E-state index in [4.69, 9.17) is 10.5 Å². The zero-order chi connectivity index (χ0) is 22.2. The van der Waals surface area contributed by atoms with Crippen LogP contribution in [0.5, 0.6) is 5.75 Å². The number of para-hydroxylation sites is 1. The van der Waals surface area contributed by atoms with Crippen LogP contribution in [-0.4, -0.2) is 11.6 Å². The topological polar surface area (TPSA) is 72.9 Å². The number of azo groups is 1. The van der Waals surface area contributed by atoms with E-state index in [1.807, 2.05) is 72.8 Å². The Labute approximate surface area is 189 Å². The molecule has 0 saturated carbocycles. The normalized spacial score (nSPS) is 11.3. The molecule has 0 spiro atoms. The molecule has 1 aromatic heterocycles. The smallest absolute Gasteiger partial charge is 0.128 e. The molecule has 0 unspecified atom stereocenters. The largest absolute Gasteiger partial charge is 0.493 e. The van der Waals surface area contributed by atoms with Gasteiger partial charge in [-0.1, -0.05) is 68.7 Å². The van der Waals surface area contributed by atoms with Crippen molar-refractivity contribution < 1.29 is 4.74 Å². The third-order valence-corrected chi connectivity index (χ3v) is 5.39. The number of nitrogens with two attached hydrogens (primary N) is 1. The highest BCUT2D eigenvalue weighted by atomic mass is 16.5.